The summed E-state index contributed by atoms with van der Waals surface area (Å²) in [4.78, 5) is 4.51. The van der Waals surface area contributed by atoms with Gasteiger partial charge in [0.05, 0.1) is 7.11 Å². The molecule has 3 rings (SSSR count). The molecule has 1 heterocycles. The molecule has 1 aromatic carbocycles. The second-order valence-corrected chi connectivity index (χ2v) is 6.61. The molecule has 0 spiro atoms. The summed E-state index contributed by atoms with van der Waals surface area (Å²) in [5, 5.41) is 9.64. The SMILES string of the molecule is COc1ccc(Br)cc1-c1c(C#N)c(N)nc2c1CCCCC2. The number of anilines is 1. The molecule has 2 N–H and O–H groups in total. The van der Waals surface area contributed by atoms with E-state index < -0.39 is 0 Å². The number of nitrogens with zero attached hydrogens (tertiary/aromatic N) is 2. The number of pyridine rings is 1. The molecule has 0 radical (unpaired) electrons. The molecule has 0 fully saturated rings. The molecule has 1 aliphatic carbocycles. The maximum atomic E-state index is 9.64. The van der Waals surface area contributed by atoms with Gasteiger partial charge in [-0.1, -0.05) is 22.4 Å². The van der Waals surface area contributed by atoms with E-state index in [1.807, 2.05) is 18.2 Å². The predicted octanol–water partition coefficient (Wildman–Crippen LogP) is 4.24. The second kappa shape index (κ2) is 6.59. The van der Waals surface area contributed by atoms with Gasteiger partial charge in [0, 0.05) is 21.3 Å². The fourth-order valence-electron chi connectivity index (χ4n) is 3.23. The van der Waals surface area contributed by atoms with Gasteiger partial charge in [-0.05, 0) is 49.4 Å². The van der Waals surface area contributed by atoms with Crippen molar-refractivity contribution in [1.82, 2.24) is 4.98 Å². The summed E-state index contributed by atoms with van der Waals surface area (Å²) < 4.78 is 6.46. The number of nitriles is 1. The van der Waals surface area contributed by atoms with E-state index in [0.29, 0.717) is 11.4 Å². The number of fused-ring (bicyclic) bond motifs is 1. The molecular weight excluding hydrogens is 354 g/mol. The van der Waals surface area contributed by atoms with Crippen LogP contribution in [-0.2, 0) is 12.8 Å². The Kier molecular flexibility index (Phi) is 4.53. The minimum Gasteiger partial charge on any atom is -0.496 e. The Labute approximate surface area is 144 Å². The lowest BCUT2D eigenvalue weighted by atomic mass is 9.91. The molecule has 0 unspecified atom stereocenters. The number of hydrogen-bond acceptors (Lipinski definition) is 4. The molecule has 118 valence electrons. The molecule has 0 amide bonds. The van der Waals surface area contributed by atoms with Crippen LogP contribution in [0.5, 0.6) is 5.75 Å². The van der Waals surface area contributed by atoms with Gasteiger partial charge in [-0.3, -0.25) is 0 Å². The molecule has 1 aliphatic rings. The summed E-state index contributed by atoms with van der Waals surface area (Å²) >= 11 is 3.51. The van der Waals surface area contributed by atoms with Crippen LogP contribution >= 0.6 is 15.9 Å². The zero-order chi connectivity index (χ0) is 16.4. The van der Waals surface area contributed by atoms with E-state index >= 15 is 0 Å². The highest BCUT2D eigenvalue weighted by Gasteiger charge is 2.23. The summed E-state index contributed by atoms with van der Waals surface area (Å²) in [6.07, 6.45) is 5.22. The number of nitrogen functional groups attached to an aromatic ring is 1. The predicted molar refractivity (Wildman–Crippen MR) is 94.3 cm³/mol. The fraction of sp³-hybridized carbons (Fsp3) is 0.333. The van der Waals surface area contributed by atoms with Crippen LogP contribution < -0.4 is 10.5 Å². The van der Waals surface area contributed by atoms with Gasteiger partial charge in [0.1, 0.15) is 23.2 Å². The maximum Gasteiger partial charge on any atom is 0.142 e. The molecule has 5 heteroatoms. The fourth-order valence-corrected chi connectivity index (χ4v) is 3.59. The number of aryl methyl sites for hydroxylation is 1. The number of halogens is 1. The van der Waals surface area contributed by atoms with Crippen LogP contribution in [0.4, 0.5) is 5.82 Å². The van der Waals surface area contributed by atoms with Crippen molar-refractivity contribution in [2.24, 2.45) is 0 Å². The molecule has 0 saturated carbocycles. The number of benzene rings is 1. The zero-order valence-corrected chi connectivity index (χ0v) is 14.6. The van der Waals surface area contributed by atoms with Crippen molar-refractivity contribution >= 4 is 21.7 Å². The Balaban J connectivity index is 2.36. The topological polar surface area (TPSA) is 71.9 Å². The molecule has 4 nitrogen and oxygen atoms in total. The van der Waals surface area contributed by atoms with Crippen LogP contribution in [0.25, 0.3) is 11.1 Å². The quantitative estimate of drug-likeness (QED) is 0.801. The van der Waals surface area contributed by atoms with Crippen molar-refractivity contribution in [3.63, 3.8) is 0 Å². The number of aromatic nitrogens is 1. The van der Waals surface area contributed by atoms with Gasteiger partial charge < -0.3 is 10.5 Å². The van der Waals surface area contributed by atoms with Gasteiger partial charge in [0.25, 0.3) is 0 Å². The largest absolute Gasteiger partial charge is 0.496 e. The molecule has 23 heavy (non-hydrogen) atoms. The van der Waals surface area contributed by atoms with E-state index in [-0.39, 0.29) is 0 Å². The monoisotopic (exact) mass is 371 g/mol. The lowest BCUT2D eigenvalue weighted by molar-refractivity contribution is 0.416. The number of ether oxygens (including phenoxy) is 1. The lowest BCUT2D eigenvalue weighted by Crippen LogP contribution is -2.07. The van der Waals surface area contributed by atoms with Gasteiger partial charge in [0.15, 0.2) is 0 Å². The molecular formula is C18H18BrN3O. The van der Waals surface area contributed by atoms with Gasteiger partial charge in [-0.2, -0.15) is 5.26 Å². The Morgan fingerprint density at radius 1 is 1.26 bits per heavy atom. The molecule has 0 aliphatic heterocycles. The highest BCUT2D eigenvalue weighted by Crippen LogP contribution is 2.40. The van der Waals surface area contributed by atoms with Crippen LogP contribution in [0.15, 0.2) is 22.7 Å². The van der Waals surface area contributed by atoms with Gasteiger partial charge in [-0.25, -0.2) is 4.98 Å². The highest BCUT2D eigenvalue weighted by atomic mass is 79.9. The first-order valence-corrected chi connectivity index (χ1v) is 8.50. The van der Waals surface area contributed by atoms with Gasteiger partial charge in [0.2, 0.25) is 0 Å². The van der Waals surface area contributed by atoms with Gasteiger partial charge >= 0.3 is 0 Å². The number of rotatable bonds is 2. The number of methoxy groups -OCH3 is 1. The average molecular weight is 372 g/mol. The van der Waals surface area contributed by atoms with Crippen molar-refractivity contribution in [2.75, 3.05) is 12.8 Å². The Hall–Kier alpha value is -2.06. The van der Waals surface area contributed by atoms with Gasteiger partial charge in [-0.15, -0.1) is 0 Å². The van der Waals surface area contributed by atoms with Crippen LogP contribution in [0, 0.1) is 11.3 Å². The molecule has 1 aromatic heterocycles. The normalized spacial score (nSPS) is 13.8. The maximum absolute atomic E-state index is 9.64. The van der Waals surface area contributed by atoms with Crippen molar-refractivity contribution in [3.8, 4) is 22.9 Å². The third-order valence-electron chi connectivity index (χ3n) is 4.29. The van der Waals surface area contributed by atoms with Crippen LogP contribution in [0.3, 0.4) is 0 Å². The number of nitrogens with two attached hydrogens (primary N) is 1. The molecule has 0 bridgehead atoms. The Morgan fingerprint density at radius 2 is 2.04 bits per heavy atom. The smallest absolute Gasteiger partial charge is 0.142 e. The van der Waals surface area contributed by atoms with Crippen molar-refractivity contribution in [3.05, 3.63) is 39.5 Å². The van der Waals surface area contributed by atoms with Crippen LogP contribution in [0.1, 0.15) is 36.1 Å². The minimum atomic E-state index is 0.310. The van der Waals surface area contributed by atoms with E-state index in [0.717, 1.165) is 58.3 Å². The first-order valence-electron chi connectivity index (χ1n) is 7.71. The first-order chi connectivity index (χ1) is 11.2. The Bertz CT molecular complexity index is 796. The minimum absolute atomic E-state index is 0.310. The molecule has 0 saturated heterocycles. The number of hydrogen-bond donors (Lipinski definition) is 1. The van der Waals surface area contributed by atoms with Crippen LogP contribution in [-0.4, -0.2) is 12.1 Å². The van der Waals surface area contributed by atoms with E-state index in [9.17, 15) is 5.26 Å². The standard InChI is InChI=1S/C18H18BrN3O/c1-23-16-8-7-11(19)9-13(16)17-12-5-3-2-4-6-15(12)22-18(21)14(17)10-20/h7-9H,2-6H2,1H3,(H2,21,22). The lowest BCUT2D eigenvalue weighted by Gasteiger charge is -2.18. The van der Waals surface area contributed by atoms with E-state index in [1.165, 1.54) is 6.42 Å². The summed E-state index contributed by atoms with van der Waals surface area (Å²) in [5.74, 6) is 1.05. The van der Waals surface area contributed by atoms with Crippen molar-refractivity contribution in [2.45, 2.75) is 32.1 Å². The van der Waals surface area contributed by atoms with E-state index in [1.54, 1.807) is 7.11 Å². The third kappa shape index (κ3) is 2.91. The summed E-state index contributed by atoms with van der Waals surface area (Å²) in [7, 11) is 1.64. The molecule has 2 aromatic rings. The van der Waals surface area contributed by atoms with E-state index in [4.69, 9.17) is 10.5 Å². The molecule has 0 atom stereocenters. The summed E-state index contributed by atoms with van der Waals surface area (Å²) in [6, 6.07) is 8.06. The zero-order valence-electron chi connectivity index (χ0n) is 13.0. The van der Waals surface area contributed by atoms with Crippen molar-refractivity contribution in [1.29, 1.82) is 5.26 Å². The third-order valence-corrected chi connectivity index (χ3v) is 4.79. The summed E-state index contributed by atoms with van der Waals surface area (Å²) in [6.45, 7) is 0. The average Bonchev–Trinajstić information content (AvgIpc) is 2.78. The Morgan fingerprint density at radius 3 is 2.78 bits per heavy atom. The van der Waals surface area contributed by atoms with E-state index in [2.05, 4.69) is 27.0 Å². The van der Waals surface area contributed by atoms with Crippen LogP contribution in [0.2, 0.25) is 0 Å². The summed E-state index contributed by atoms with van der Waals surface area (Å²) in [5.41, 5.74) is 10.5. The van der Waals surface area contributed by atoms with Crippen molar-refractivity contribution < 1.29 is 4.74 Å². The second-order valence-electron chi connectivity index (χ2n) is 5.69. The first kappa shape index (κ1) is 15.8. The highest BCUT2D eigenvalue weighted by molar-refractivity contribution is 9.10.